The molecule has 0 bridgehead atoms. The normalized spacial score (nSPS) is 10.5. The molecule has 4 heteroatoms. The molecule has 0 aliphatic heterocycles. The average Bonchev–Trinajstić information content (AvgIpc) is 2.61. The van der Waals surface area contributed by atoms with Gasteiger partial charge in [0.1, 0.15) is 5.75 Å². The van der Waals surface area contributed by atoms with Gasteiger partial charge in [-0.15, -0.1) is 0 Å². The molecule has 1 heterocycles. The number of nitrogens with zero attached hydrogens (tertiary/aromatic N) is 2. The van der Waals surface area contributed by atoms with Gasteiger partial charge in [-0.2, -0.15) is 5.10 Å². The van der Waals surface area contributed by atoms with Gasteiger partial charge < -0.3 is 10.2 Å². The van der Waals surface area contributed by atoms with Crippen molar-refractivity contribution in [2.24, 2.45) is 7.05 Å². The quantitative estimate of drug-likeness (QED) is 0.774. The molecule has 15 heavy (non-hydrogen) atoms. The number of aromatic hydroxyl groups is 1. The Labute approximate surface area is 87.4 Å². The molecule has 0 aliphatic carbocycles. The zero-order chi connectivity index (χ0) is 10.8. The maximum absolute atomic E-state index is 9.14. The lowest BCUT2D eigenvalue weighted by Crippen LogP contribution is -1.96. The second kappa shape index (κ2) is 3.74. The van der Waals surface area contributed by atoms with E-state index in [9.17, 15) is 0 Å². The van der Waals surface area contributed by atoms with Crippen LogP contribution in [0, 0.1) is 0 Å². The summed E-state index contributed by atoms with van der Waals surface area (Å²) in [6.07, 6.45) is 0. The molecular weight excluding hydrogens is 192 g/mol. The van der Waals surface area contributed by atoms with Gasteiger partial charge in [0.05, 0.1) is 18.0 Å². The summed E-state index contributed by atoms with van der Waals surface area (Å²) < 4.78 is 1.64. The van der Waals surface area contributed by atoms with E-state index in [-0.39, 0.29) is 12.4 Å². The van der Waals surface area contributed by atoms with Crippen LogP contribution in [-0.4, -0.2) is 20.0 Å². The number of aromatic nitrogens is 2. The van der Waals surface area contributed by atoms with Crippen molar-refractivity contribution >= 4 is 0 Å². The number of phenols is 1. The van der Waals surface area contributed by atoms with Gasteiger partial charge in [0.25, 0.3) is 0 Å². The third-order valence-electron chi connectivity index (χ3n) is 2.30. The number of hydrogen-bond donors (Lipinski definition) is 2. The van der Waals surface area contributed by atoms with Gasteiger partial charge in [-0.05, 0) is 30.3 Å². The highest BCUT2D eigenvalue weighted by molar-refractivity contribution is 5.60. The summed E-state index contributed by atoms with van der Waals surface area (Å²) in [5.41, 5.74) is 2.47. The molecule has 0 atom stereocenters. The molecule has 2 N–H and O–H groups in total. The topological polar surface area (TPSA) is 58.3 Å². The molecule has 1 aromatic carbocycles. The van der Waals surface area contributed by atoms with Crippen LogP contribution in [0.1, 0.15) is 5.69 Å². The van der Waals surface area contributed by atoms with Gasteiger partial charge in [-0.3, -0.25) is 4.68 Å². The van der Waals surface area contributed by atoms with E-state index in [4.69, 9.17) is 10.2 Å². The Kier molecular flexibility index (Phi) is 2.43. The highest BCUT2D eigenvalue weighted by Gasteiger charge is 2.05. The number of aliphatic hydroxyl groups is 1. The first-order valence-corrected chi connectivity index (χ1v) is 4.64. The lowest BCUT2D eigenvalue weighted by atomic mass is 10.1. The second-order valence-corrected chi connectivity index (χ2v) is 3.35. The van der Waals surface area contributed by atoms with Crippen molar-refractivity contribution in [3.8, 4) is 17.0 Å². The highest BCUT2D eigenvalue weighted by Crippen LogP contribution is 2.21. The summed E-state index contributed by atoms with van der Waals surface area (Å²) in [6, 6.07) is 8.63. The minimum absolute atomic E-state index is 0.0262. The van der Waals surface area contributed by atoms with Crippen molar-refractivity contribution in [3.05, 3.63) is 36.0 Å². The van der Waals surface area contributed by atoms with Crippen LogP contribution in [0.25, 0.3) is 11.3 Å². The predicted octanol–water partition coefficient (Wildman–Crippen LogP) is 1.28. The summed E-state index contributed by atoms with van der Waals surface area (Å²) in [5.74, 6) is 0.233. The van der Waals surface area contributed by atoms with E-state index < -0.39 is 0 Å². The Morgan fingerprint density at radius 1 is 1.27 bits per heavy atom. The Morgan fingerprint density at radius 3 is 2.47 bits per heavy atom. The Balaban J connectivity index is 2.41. The molecule has 2 aromatic rings. The number of hydrogen-bond acceptors (Lipinski definition) is 3. The van der Waals surface area contributed by atoms with Crippen LogP contribution in [0.15, 0.2) is 30.3 Å². The van der Waals surface area contributed by atoms with Crippen molar-refractivity contribution < 1.29 is 10.2 Å². The molecule has 2 rings (SSSR count). The number of rotatable bonds is 2. The maximum Gasteiger partial charge on any atom is 0.115 e. The predicted molar refractivity (Wildman–Crippen MR) is 56.2 cm³/mol. The van der Waals surface area contributed by atoms with Crippen molar-refractivity contribution in [2.45, 2.75) is 6.61 Å². The molecule has 0 aliphatic rings. The minimum Gasteiger partial charge on any atom is -0.508 e. The molecule has 0 amide bonds. The summed E-state index contributed by atoms with van der Waals surface area (Å²) in [4.78, 5) is 0. The van der Waals surface area contributed by atoms with Gasteiger partial charge in [0.15, 0.2) is 0 Å². The van der Waals surface area contributed by atoms with Gasteiger partial charge >= 0.3 is 0 Å². The standard InChI is InChI=1S/C11H12N2O2/c1-13-9(7-14)6-11(12-13)8-2-4-10(15)5-3-8/h2-6,14-15H,7H2,1H3. The fourth-order valence-corrected chi connectivity index (χ4v) is 1.43. The van der Waals surface area contributed by atoms with Crippen LogP contribution in [0.5, 0.6) is 5.75 Å². The Bertz CT molecular complexity index is 460. The molecule has 78 valence electrons. The van der Waals surface area contributed by atoms with Crippen molar-refractivity contribution in [3.63, 3.8) is 0 Å². The van der Waals surface area contributed by atoms with Crippen molar-refractivity contribution in [2.75, 3.05) is 0 Å². The van der Waals surface area contributed by atoms with Crippen molar-refractivity contribution in [1.29, 1.82) is 0 Å². The molecule has 0 unspecified atom stereocenters. The largest absolute Gasteiger partial charge is 0.508 e. The summed E-state index contributed by atoms with van der Waals surface area (Å²) >= 11 is 0. The molecule has 0 saturated carbocycles. The highest BCUT2D eigenvalue weighted by atomic mass is 16.3. The zero-order valence-corrected chi connectivity index (χ0v) is 8.38. The molecule has 0 spiro atoms. The zero-order valence-electron chi connectivity index (χ0n) is 8.38. The van der Waals surface area contributed by atoms with Crippen molar-refractivity contribution in [1.82, 2.24) is 9.78 Å². The van der Waals surface area contributed by atoms with Gasteiger partial charge in [-0.25, -0.2) is 0 Å². The molecular formula is C11H12N2O2. The first-order valence-electron chi connectivity index (χ1n) is 4.64. The van der Waals surface area contributed by atoms with Gasteiger partial charge in [-0.1, -0.05) is 0 Å². The van der Waals surface area contributed by atoms with E-state index in [1.54, 1.807) is 36.0 Å². The lowest BCUT2D eigenvalue weighted by molar-refractivity contribution is 0.270. The van der Waals surface area contributed by atoms with Crippen LogP contribution in [0.3, 0.4) is 0 Å². The third kappa shape index (κ3) is 1.85. The average molecular weight is 204 g/mol. The van der Waals surface area contributed by atoms with Crippen LogP contribution < -0.4 is 0 Å². The number of aliphatic hydroxyl groups excluding tert-OH is 1. The lowest BCUT2D eigenvalue weighted by Gasteiger charge is -1.96. The molecule has 1 aromatic heterocycles. The second-order valence-electron chi connectivity index (χ2n) is 3.35. The smallest absolute Gasteiger partial charge is 0.115 e. The Morgan fingerprint density at radius 2 is 1.93 bits per heavy atom. The Hall–Kier alpha value is -1.81. The van der Waals surface area contributed by atoms with E-state index >= 15 is 0 Å². The molecule has 0 saturated heterocycles. The molecule has 0 radical (unpaired) electrons. The SMILES string of the molecule is Cn1nc(-c2ccc(O)cc2)cc1CO. The van der Waals surface area contributed by atoms with Crippen LogP contribution in [0.4, 0.5) is 0 Å². The fourth-order valence-electron chi connectivity index (χ4n) is 1.43. The summed E-state index contributed by atoms with van der Waals surface area (Å²) in [5, 5.41) is 22.4. The minimum atomic E-state index is -0.0262. The third-order valence-corrected chi connectivity index (χ3v) is 2.30. The van der Waals surface area contributed by atoms with E-state index in [1.165, 1.54) is 0 Å². The summed E-state index contributed by atoms with van der Waals surface area (Å²) in [6.45, 7) is -0.0262. The van der Waals surface area contributed by atoms with Crippen LogP contribution >= 0.6 is 0 Å². The molecule has 0 fully saturated rings. The fraction of sp³-hybridized carbons (Fsp3) is 0.182. The van der Waals surface area contributed by atoms with Gasteiger partial charge in [0.2, 0.25) is 0 Å². The van der Waals surface area contributed by atoms with E-state index in [0.29, 0.717) is 0 Å². The number of benzene rings is 1. The van der Waals surface area contributed by atoms with Crippen LogP contribution in [0.2, 0.25) is 0 Å². The maximum atomic E-state index is 9.14. The van der Waals surface area contributed by atoms with Crippen LogP contribution in [-0.2, 0) is 13.7 Å². The van der Waals surface area contributed by atoms with E-state index in [2.05, 4.69) is 5.10 Å². The van der Waals surface area contributed by atoms with E-state index in [1.807, 2.05) is 6.07 Å². The number of aryl methyl sites for hydroxylation is 1. The van der Waals surface area contributed by atoms with E-state index in [0.717, 1.165) is 17.0 Å². The summed E-state index contributed by atoms with van der Waals surface area (Å²) in [7, 11) is 1.79. The monoisotopic (exact) mass is 204 g/mol. The van der Waals surface area contributed by atoms with Gasteiger partial charge in [0, 0.05) is 12.6 Å². The number of phenolic OH excluding ortho intramolecular Hbond substituents is 1. The molecule has 4 nitrogen and oxygen atoms in total. The first kappa shape index (κ1) is 9.73. The first-order chi connectivity index (χ1) is 7.20.